The van der Waals surface area contributed by atoms with Crippen molar-refractivity contribution in [3.63, 3.8) is 0 Å². The summed E-state index contributed by atoms with van der Waals surface area (Å²) in [6.45, 7) is 2.54. The van der Waals surface area contributed by atoms with Crippen LogP contribution in [-0.2, 0) is 0 Å². The highest BCUT2D eigenvalue weighted by molar-refractivity contribution is 6.96. The Morgan fingerprint density at radius 3 is 1.50 bits per heavy atom. The molecule has 156 valence electrons. The van der Waals surface area contributed by atoms with Crippen LogP contribution in [0, 0.1) is 54.6 Å². The average molecular weight is 442 g/mol. The third-order valence-electron chi connectivity index (χ3n) is 4.87. The number of ether oxygens (including phenoxy) is 1. The maximum Gasteiger partial charge on any atom is 0.413 e. The Bertz CT molecular complexity index is 1090. The number of benzene rings is 3. The van der Waals surface area contributed by atoms with Crippen LogP contribution in [-0.4, -0.2) is 21.3 Å². The predicted octanol–water partition coefficient (Wildman–Crippen LogP) is 3.80. The maximum atomic E-state index is 15.0. The summed E-state index contributed by atoms with van der Waals surface area (Å²) in [7, 11) is 0.927. The summed E-state index contributed by atoms with van der Waals surface area (Å²) in [5, 5.41) is 0. The van der Waals surface area contributed by atoms with Crippen molar-refractivity contribution in [3.8, 4) is 5.75 Å². The lowest BCUT2D eigenvalue weighted by molar-refractivity contribution is 0.381. The topological polar surface area (TPSA) is 9.23 Å². The van der Waals surface area contributed by atoms with Gasteiger partial charge in [-0.05, 0) is 50.4 Å². The summed E-state index contributed by atoms with van der Waals surface area (Å²) in [4.78, 5) is 0. The molecule has 0 N–H and O–H groups in total. The van der Waals surface area contributed by atoms with Crippen LogP contribution in [0.3, 0.4) is 0 Å². The Morgan fingerprint density at radius 1 is 0.600 bits per heavy atom. The normalized spacial score (nSPS) is 11.0. The average Bonchev–Trinajstić information content (AvgIpc) is 2.69. The van der Waals surface area contributed by atoms with Gasteiger partial charge in [0.25, 0.3) is 0 Å². The minimum Gasteiger partial charge on any atom is -0.495 e. The zero-order valence-corrected chi connectivity index (χ0v) is 17.2. The smallest absolute Gasteiger partial charge is 0.413 e. The molecule has 3 aromatic carbocycles. The number of halogens is 7. The van der Waals surface area contributed by atoms with Gasteiger partial charge < -0.3 is 4.74 Å². The molecule has 0 saturated carbocycles. The van der Waals surface area contributed by atoms with Crippen LogP contribution in [0.4, 0.5) is 30.7 Å². The minimum atomic E-state index is -4.15. The van der Waals surface area contributed by atoms with Crippen molar-refractivity contribution >= 4 is 27.4 Å². The van der Waals surface area contributed by atoms with Crippen molar-refractivity contribution < 1.29 is 35.5 Å². The van der Waals surface area contributed by atoms with E-state index in [1.165, 1.54) is 13.8 Å². The van der Waals surface area contributed by atoms with E-state index in [4.69, 9.17) is 4.74 Å². The van der Waals surface area contributed by atoms with E-state index in [-0.39, 0.29) is 17.2 Å². The standard InChI is InChI=1S/C7H4F3O.2C7H5F2.Al/c1-11-7-3-5(9)4(8)2-6(7)10;2*1-5-2-3-6(8)4-7(5)9;/h2H,1H3;2*2-3H,1H3;. The van der Waals surface area contributed by atoms with E-state index in [1.807, 2.05) is 0 Å². The molecule has 30 heavy (non-hydrogen) atoms. The summed E-state index contributed by atoms with van der Waals surface area (Å²) >= 11 is -4.15. The Balaban J connectivity index is 2.57. The molecule has 0 atom stereocenters. The molecule has 0 aliphatic rings. The molecule has 0 unspecified atom stereocenters. The van der Waals surface area contributed by atoms with E-state index in [0.29, 0.717) is 0 Å². The number of hydrogen-bond donors (Lipinski definition) is 0. The van der Waals surface area contributed by atoms with Crippen LogP contribution >= 0.6 is 0 Å². The molecular formula is C21H14AlF7O. The van der Waals surface area contributed by atoms with Crippen molar-refractivity contribution in [1.82, 2.24) is 0 Å². The zero-order valence-electron chi connectivity index (χ0n) is 16.0. The Morgan fingerprint density at radius 2 is 1.07 bits per heavy atom. The van der Waals surface area contributed by atoms with Gasteiger partial charge in [-0.15, -0.1) is 0 Å². The van der Waals surface area contributed by atoms with Crippen LogP contribution in [0.15, 0.2) is 30.3 Å². The van der Waals surface area contributed by atoms with Gasteiger partial charge in [0.2, 0.25) is 0 Å². The van der Waals surface area contributed by atoms with Crippen LogP contribution in [0.5, 0.6) is 5.75 Å². The van der Waals surface area contributed by atoms with Crippen molar-refractivity contribution in [2.75, 3.05) is 7.11 Å². The molecule has 0 heterocycles. The Labute approximate surface area is 172 Å². The quantitative estimate of drug-likeness (QED) is 0.340. The SMILES string of the molecule is COc1c(F)cc(F)c(F)[c]1[Al]([c]1c(F)ccc(C)c1F)[c]1c(F)ccc(C)c1F. The summed E-state index contributed by atoms with van der Waals surface area (Å²) in [6, 6.07) is 4.05. The molecule has 0 amide bonds. The third-order valence-corrected chi connectivity index (χ3v) is 8.18. The maximum absolute atomic E-state index is 15.0. The van der Waals surface area contributed by atoms with Gasteiger partial charge in [-0.25, -0.2) is 30.7 Å². The molecule has 0 aliphatic heterocycles. The fourth-order valence-electron chi connectivity index (χ4n) is 3.38. The van der Waals surface area contributed by atoms with Crippen molar-refractivity contribution in [2.24, 2.45) is 0 Å². The molecule has 0 saturated heterocycles. The highest BCUT2D eigenvalue weighted by Crippen LogP contribution is 2.22. The van der Waals surface area contributed by atoms with Gasteiger partial charge in [0, 0.05) is 6.07 Å². The second kappa shape index (κ2) is 8.32. The van der Waals surface area contributed by atoms with Gasteiger partial charge in [-0.1, -0.05) is 12.1 Å². The summed E-state index contributed by atoms with van der Waals surface area (Å²) < 4.78 is 105. The molecule has 3 aromatic rings. The molecule has 0 radical (unpaired) electrons. The molecule has 0 bridgehead atoms. The predicted molar refractivity (Wildman–Crippen MR) is 99.7 cm³/mol. The molecular weight excluding hydrogens is 428 g/mol. The molecule has 0 spiro atoms. The first-order valence-electron chi connectivity index (χ1n) is 8.70. The monoisotopic (exact) mass is 442 g/mol. The summed E-state index contributed by atoms with van der Waals surface area (Å²) in [5.41, 5.74) is -0.178. The van der Waals surface area contributed by atoms with E-state index < -0.39 is 73.9 Å². The molecule has 9 heteroatoms. The minimum absolute atomic E-state index is 0.0892. The van der Waals surface area contributed by atoms with Crippen molar-refractivity contribution in [2.45, 2.75) is 13.8 Å². The highest BCUT2D eigenvalue weighted by Gasteiger charge is 2.42. The largest absolute Gasteiger partial charge is 0.495 e. The van der Waals surface area contributed by atoms with E-state index in [2.05, 4.69) is 0 Å². The first-order chi connectivity index (χ1) is 14.1. The second-order valence-electron chi connectivity index (χ2n) is 6.72. The molecule has 0 aliphatic carbocycles. The number of hydrogen-bond acceptors (Lipinski definition) is 1. The summed E-state index contributed by atoms with van der Waals surface area (Å²) in [6.07, 6.45) is 0. The van der Waals surface area contributed by atoms with Crippen molar-refractivity contribution in [1.29, 1.82) is 0 Å². The third kappa shape index (κ3) is 3.57. The van der Waals surface area contributed by atoms with Gasteiger partial charge >= 0.3 is 14.1 Å². The summed E-state index contributed by atoms with van der Waals surface area (Å²) in [5.74, 6) is -10.4. The lowest BCUT2D eigenvalue weighted by Crippen LogP contribution is -2.58. The lowest BCUT2D eigenvalue weighted by atomic mass is 10.2. The Kier molecular flexibility index (Phi) is 6.16. The van der Waals surface area contributed by atoms with Gasteiger partial charge in [0.1, 0.15) is 29.0 Å². The number of rotatable bonds is 4. The van der Waals surface area contributed by atoms with Crippen molar-refractivity contribution in [3.05, 3.63) is 82.2 Å². The number of aryl methyl sites for hydroxylation is 2. The molecule has 0 fully saturated rings. The lowest BCUT2D eigenvalue weighted by Gasteiger charge is -2.21. The van der Waals surface area contributed by atoms with Crippen LogP contribution in [0.2, 0.25) is 0 Å². The fraction of sp³-hybridized carbons (Fsp3) is 0.143. The Hall–Kier alpha value is -2.50. The van der Waals surface area contributed by atoms with Crippen LogP contribution in [0.1, 0.15) is 11.1 Å². The zero-order chi connectivity index (χ0) is 22.3. The van der Waals surface area contributed by atoms with E-state index in [1.54, 1.807) is 0 Å². The molecule has 3 rings (SSSR count). The molecule has 0 aromatic heterocycles. The first kappa shape index (κ1) is 22.2. The van der Waals surface area contributed by atoms with Gasteiger partial charge in [-0.2, -0.15) is 0 Å². The van der Waals surface area contributed by atoms with Gasteiger partial charge in [-0.3, -0.25) is 0 Å². The van der Waals surface area contributed by atoms with E-state index >= 15 is 8.78 Å². The van der Waals surface area contributed by atoms with Crippen LogP contribution < -0.4 is 18.0 Å². The van der Waals surface area contributed by atoms with Gasteiger partial charge in [0.05, 0.1) is 7.11 Å². The first-order valence-corrected chi connectivity index (χ1v) is 10.4. The van der Waals surface area contributed by atoms with E-state index in [0.717, 1.165) is 31.4 Å². The van der Waals surface area contributed by atoms with E-state index in [9.17, 15) is 22.0 Å². The number of methoxy groups -OCH3 is 1. The van der Waals surface area contributed by atoms with Gasteiger partial charge in [0.15, 0.2) is 17.5 Å². The highest BCUT2D eigenvalue weighted by atomic mass is 27.2. The molecule has 1 nitrogen and oxygen atoms in total. The van der Waals surface area contributed by atoms with Crippen LogP contribution in [0.25, 0.3) is 0 Å². The second-order valence-corrected chi connectivity index (χ2v) is 9.32. The fourth-order valence-corrected chi connectivity index (χ4v) is 6.86.